The zero-order valence-electron chi connectivity index (χ0n) is 30.1. The van der Waals surface area contributed by atoms with E-state index in [0.29, 0.717) is 17.2 Å². The Bertz CT molecular complexity index is 2070. The number of nitrogen functional groups attached to an aromatic ring is 1. The van der Waals surface area contributed by atoms with E-state index in [1.165, 1.54) is 17.7 Å². The Kier molecular flexibility index (Phi) is 11.1. The van der Waals surface area contributed by atoms with Gasteiger partial charge in [0.05, 0.1) is 27.9 Å². The highest BCUT2D eigenvalue weighted by Gasteiger charge is 2.40. The molecule has 1 aliphatic rings. The van der Waals surface area contributed by atoms with E-state index in [9.17, 15) is 19.8 Å². The highest BCUT2D eigenvalue weighted by atomic mass is 16.5. The molecule has 5 N–H and O–H groups in total. The van der Waals surface area contributed by atoms with Crippen LogP contribution in [-0.2, 0) is 19.3 Å². The van der Waals surface area contributed by atoms with Crippen LogP contribution in [0.2, 0.25) is 0 Å². The van der Waals surface area contributed by atoms with Gasteiger partial charge in [-0.05, 0) is 91.6 Å². The number of rotatable bonds is 15. The van der Waals surface area contributed by atoms with Gasteiger partial charge in [-0.1, -0.05) is 76.4 Å². The molecule has 5 aromatic rings. The molecule has 0 spiro atoms. The molecule has 0 saturated heterocycles. The minimum Gasteiger partial charge on any atom is -0.504 e. The molecule has 0 unspecified atom stereocenters. The van der Waals surface area contributed by atoms with Gasteiger partial charge >= 0.3 is 0 Å². The largest absolute Gasteiger partial charge is 0.504 e. The van der Waals surface area contributed by atoms with Crippen molar-refractivity contribution in [3.8, 4) is 34.5 Å². The van der Waals surface area contributed by atoms with Crippen molar-refractivity contribution in [2.24, 2.45) is 0 Å². The summed E-state index contributed by atoms with van der Waals surface area (Å²) in [4.78, 5) is 28.8. The van der Waals surface area contributed by atoms with Crippen molar-refractivity contribution in [3.05, 3.63) is 124 Å². The molecule has 0 saturated carbocycles. The maximum absolute atomic E-state index is 14.5. The topological polar surface area (TPSA) is 131 Å². The van der Waals surface area contributed by atoms with E-state index in [4.69, 9.17) is 15.2 Å². The lowest BCUT2D eigenvalue weighted by Gasteiger charge is -2.25. The summed E-state index contributed by atoms with van der Waals surface area (Å²) in [5, 5.41) is 26.4. The van der Waals surface area contributed by atoms with Crippen molar-refractivity contribution in [2.75, 3.05) is 11.1 Å². The van der Waals surface area contributed by atoms with E-state index in [-0.39, 0.29) is 45.1 Å². The average molecular weight is 699 g/mol. The minimum absolute atomic E-state index is 0.0168. The summed E-state index contributed by atoms with van der Waals surface area (Å²) in [6.07, 6.45) is 9.26. The quantitative estimate of drug-likeness (QED) is 0.0615. The van der Waals surface area contributed by atoms with Gasteiger partial charge in [-0.3, -0.25) is 9.59 Å². The highest BCUT2D eigenvalue weighted by molar-refractivity contribution is 6.34. The Morgan fingerprint density at radius 1 is 0.558 bits per heavy atom. The summed E-state index contributed by atoms with van der Waals surface area (Å²) in [5.41, 5.74) is 9.86. The lowest BCUT2D eigenvalue weighted by atomic mass is 9.81. The Balaban J connectivity index is 1.41. The standard InChI is InChI=1S/C44H46N2O6/c1-4-7-10-27-13-19-30(20-14-27)46-34-26-36(52-32-23-17-29(18-24-32)12-9-6-3)42(48)40-38(34)44(50)39-37(43(40)49)33(45)25-35(41(39)47)51-31-21-15-28(16-22-31)11-8-5-2/h13-26,46-48H,4-12,45H2,1-3H3. The first-order valence-electron chi connectivity index (χ1n) is 18.3. The zero-order chi connectivity index (χ0) is 36.8. The van der Waals surface area contributed by atoms with Gasteiger partial charge in [0.1, 0.15) is 11.5 Å². The number of benzene rings is 5. The number of nitrogens with two attached hydrogens (primary N) is 1. The number of hydrogen-bond acceptors (Lipinski definition) is 8. The second-order valence-corrected chi connectivity index (χ2v) is 13.4. The van der Waals surface area contributed by atoms with Crippen LogP contribution in [0.3, 0.4) is 0 Å². The van der Waals surface area contributed by atoms with Crippen molar-refractivity contribution in [2.45, 2.75) is 78.6 Å². The van der Waals surface area contributed by atoms with Gasteiger partial charge in [-0.25, -0.2) is 0 Å². The molecular formula is C44H46N2O6. The molecule has 0 heterocycles. The summed E-state index contributed by atoms with van der Waals surface area (Å²) in [7, 11) is 0. The van der Waals surface area contributed by atoms with Crippen LogP contribution in [0, 0.1) is 0 Å². The van der Waals surface area contributed by atoms with Gasteiger partial charge in [0.2, 0.25) is 11.6 Å². The first kappa shape index (κ1) is 36.0. The number of phenolic OH excluding ortho intramolecular Hbond substituents is 2. The molecule has 52 heavy (non-hydrogen) atoms. The average Bonchev–Trinajstić information content (AvgIpc) is 3.15. The summed E-state index contributed by atoms with van der Waals surface area (Å²) in [6, 6.07) is 25.7. The maximum atomic E-state index is 14.5. The van der Waals surface area contributed by atoms with Gasteiger partial charge in [0.15, 0.2) is 23.0 Å². The normalized spacial score (nSPS) is 12.0. The number of ketones is 2. The fraction of sp³-hybridized carbons (Fsp3) is 0.273. The van der Waals surface area contributed by atoms with E-state index in [2.05, 4.69) is 26.1 Å². The smallest absolute Gasteiger partial charge is 0.200 e. The summed E-state index contributed by atoms with van der Waals surface area (Å²) >= 11 is 0. The molecule has 0 aromatic heterocycles. The summed E-state index contributed by atoms with van der Waals surface area (Å²) < 4.78 is 12.2. The van der Waals surface area contributed by atoms with Crippen LogP contribution in [0.1, 0.15) is 108 Å². The van der Waals surface area contributed by atoms with Crippen molar-refractivity contribution < 1.29 is 29.3 Å². The number of ether oxygens (including phenoxy) is 2. The molecule has 268 valence electrons. The number of aryl methyl sites for hydroxylation is 3. The van der Waals surface area contributed by atoms with Crippen molar-refractivity contribution in [1.82, 2.24) is 0 Å². The third-order valence-electron chi connectivity index (χ3n) is 9.46. The van der Waals surface area contributed by atoms with Crippen LogP contribution in [0.25, 0.3) is 0 Å². The number of carbonyl (C=O) groups excluding carboxylic acids is 2. The fourth-order valence-electron chi connectivity index (χ4n) is 6.50. The van der Waals surface area contributed by atoms with Gasteiger partial charge in [-0.15, -0.1) is 0 Å². The SMILES string of the molecule is CCCCc1ccc(Nc2cc(Oc3ccc(CCCC)cc3)c(O)c3c2C(=O)c2c(O)c(Oc4ccc(CCCC)cc4)cc(N)c2C3=O)cc1. The monoisotopic (exact) mass is 698 g/mol. The van der Waals surface area contributed by atoms with Gasteiger partial charge in [0.25, 0.3) is 0 Å². The van der Waals surface area contributed by atoms with Crippen LogP contribution < -0.4 is 20.5 Å². The number of hydrogen-bond donors (Lipinski definition) is 4. The van der Waals surface area contributed by atoms with E-state index in [0.717, 1.165) is 68.9 Å². The van der Waals surface area contributed by atoms with Crippen molar-refractivity contribution in [1.29, 1.82) is 0 Å². The molecule has 6 rings (SSSR count). The van der Waals surface area contributed by atoms with Crippen LogP contribution in [0.5, 0.6) is 34.5 Å². The number of unbranched alkanes of at least 4 members (excludes halogenated alkanes) is 3. The molecule has 8 nitrogen and oxygen atoms in total. The van der Waals surface area contributed by atoms with Gasteiger partial charge in [-0.2, -0.15) is 0 Å². The lowest BCUT2D eigenvalue weighted by Crippen LogP contribution is -2.24. The molecule has 0 amide bonds. The molecule has 0 fully saturated rings. The van der Waals surface area contributed by atoms with Crippen LogP contribution in [0.15, 0.2) is 84.9 Å². The predicted molar refractivity (Wildman–Crippen MR) is 206 cm³/mol. The van der Waals surface area contributed by atoms with Crippen LogP contribution in [0.4, 0.5) is 17.1 Å². The molecular weight excluding hydrogens is 652 g/mol. The molecule has 0 atom stereocenters. The summed E-state index contributed by atoms with van der Waals surface area (Å²) in [6.45, 7) is 6.42. The molecule has 0 radical (unpaired) electrons. The fourth-order valence-corrected chi connectivity index (χ4v) is 6.50. The number of anilines is 3. The van der Waals surface area contributed by atoms with Crippen LogP contribution in [-0.4, -0.2) is 21.8 Å². The molecule has 5 aromatic carbocycles. The summed E-state index contributed by atoms with van der Waals surface area (Å²) in [5.74, 6) is -1.63. The third-order valence-corrected chi connectivity index (χ3v) is 9.46. The van der Waals surface area contributed by atoms with E-state index in [1.807, 2.05) is 60.7 Å². The molecule has 0 bridgehead atoms. The lowest BCUT2D eigenvalue weighted by molar-refractivity contribution is 0.0974. The number of phenols is 2. The number of fused-ring (bicyclic) bond motifs is 2. The van der Waals surface area contributed by atoms with Crippen molar-refractivity contribution in [3.63, 3.8) is 0 Å². The second-order valence-electron chi connectivity index (χ2n) is 13.4. The predicted octanol–water partition coefficient (Wildman–Crippen LogP) is 10.8. The first-order chi connectivity index (χ1) is 25.2. The number of carbonyl (C=O) groups is 2. The van der Waals surface area contributed by atoms with E-state index in [1.54, 1.807) is 12.1 Å². The number of aromatic hydroxyl groups is 2. The first-order valence-corrected chi connectivity index (χ1v) is 18.3. The maximum Gasteiger partial charge on any atom is 0.200 e. The van der Waals surface area contributed by atoms with Gasteiger partial charge < -0.3 is 30.7 Å². The Labute approximate surface area is 305 Å². The Hall–Kier alpha value is -5.76. The number of nitrogens with one attached hydrogen (secondary N) is 1. The van der Waals surface area contributed by atoms with E-state index < -0.39 is 23.1 Å². The Morgan fingerprint density at radius 3 is 1.42 bits per heavy atom. The molecule has 0 aliphatic heterocycles. The minimum atomic E-state index is -0.722. The zero-order valence-corrected chi connectivity index (χ0v) is 30.1. The Morgan fingerprint density at radius 2 is 0.962 bits per heavy atom. The second kappa shape index (κ2) is 16.1. The van der Waals surface area contributed by atoms with Crippen molar-refractivity contribution >= 4 is 28.6 Å². The third kappa shape index (κ3) is 7.61. The molecule has 8 heteroatoms. The van der Waals surface area contributed by atoms with Gasteiger partial charge in [0, 0.05) is 23.5 Å². The molecule has 1 aliphatic carbocycles. The van der Waals surface area contributed by atoms with E-state index >= 15 is 0 Å². The van der Waals surface area contributed by atoms with Crippen LogP contribution >= 0.6 is 0 Å². The highest BCUT2D eigenvalue weighted by Crippen LogP contribution is 2.49.